The van der Waals surface area contributed by atoms with Gasteiger partial charge in [-0.15, -0.1) is 0 Å². The molecule has 0 amide bonds. The van der Waals surface area contributed by atoms with Crippen molar-refractivity contribution < 1.29 is 14.4 Å². The van der Waals surface area contributed by atoms with Gasteiger partial charge in [0.15, 0.2) is 0 Å². The van der Waals surface area contributed by atoms with Gasteiger partial charge in [0.25, 0.3) is 0 Å². The summed E-state index contributed by atoms with van der Waals surface area (Å²) in [7, 11) is 0. The van der Waals surface area contributed by atoms with E-state index in [0.717, 1.165) is 18.5 Å². The summed E-state index contributed by atoms with van der Waals surface area (Å²) in [5.41, 5.74) is 0.720. The van der Waals surface area contributed by atoms with Crippen molar-refractivity contribution in [2.45, 2.75) is 38.8 Å². The van der Waals surface area contributed by atoms with E-state index in [1.807, 2.05) is 6.92 Å². The summed E-state index contributed by atoms with van der Waals surface area (Å²) in [6, 6.07) is 1.22. The third kappa shape index (κ3) is 4.12. The summed E-state index contributed by atoms with van der Waals surface area (Å²) in [4.78, 5) is 10.9. The first-order chi connectivity index (χ1) is 7.24. The number of aliphatic carboxylic acids is 1. The lowest BCUT2D eigenvalue weighted by Crippen LogP contribution is -2.36. The van der Waals surface area contributed by atoms with Crippen molar-refractivity contribution >= 4 is 5.97 Å². The zero-order valence-corrected chi connectivity index (χ0v) is 8.77. The molecule has 1 aromatic rings. The van der Waals surface area contributed by atoms with Gasteiger partial charge in [-0.1, -0.05) is 24.9 Å². The highest BCUT2D eigenvalue weighted by Crippen LogP contribution is 2.02. The van der Waals surface area contributed by atoms with Crippen molar-refractivity contribution in [2.24, 2.45) is 0 Å². The molecular formula is C10H16N2O3. The van der Waals surface area contributed by atoms with E-state index in [9.17, 15) is 4.79 Å². The van der Waals surface area contributed by atoms with Crippen LogP contribution in [0.15, 0.2) is 16.9 Å². The Balaban J connectivity index is 2.34. The minimum atomic E-state index is -0.813. The normalized spacial score (nSPS) is 12.6. The number of hydrogen-bond donors (Lipinski definition) is 2. The number of carboxylic acid groups (broad SMARTS) is 1. The summed E-state index contributed by atoms with van der Waals surface area (Å²) in [6.45, 7) is 2.47. The van der Waals surface area contributed by atoms with Crippen LogP contribution in [0.25, 0.3) is 0 Å². The summed E-state index contributed by atoms with van der Waals surface area (Å²) >= 11 is 0. The van der Waals surface area contributed by atoms with Gasteiger partial charge in [-0.25, -0.2) is 0 Å². The largest absolute Gasteiger partial charge is 0.480 e. The molecule has 0 saturated carbocycles. The Kier molecular flexibility index (Phi) is 4.83. The highest BCUT2D eigenvalue weighted by molar-refractivity contribution is 5.73. The van der Waals surface area contributed by atoms with Gasteiger partial charge >= 0.3 is 5.97 Å². The molecule has 0 spiro atoms. The fourth-order valence-corrected chi connectivity index (χ4v) is 1.28. The van der Waals surface area contributed by atoms with Crippen molar-refractivity contribution in [3.63, 3.8) is 0 Å². The number of rotatable bonds is 7. The van der Waals surface area contributed by atoms with E-state index in [4.69, 9.17) is 5.11 Å². The Morgan fingerprint density at radius 2 is 2.53 bits per heavy atom. The van der Waals surface area contributed by atoms with Gasteiger partial charge in [-0.2, -0.15) is 0 Å². The van der Waals surface area contributed by atoms with Crippen LogP contribution in [-0.4, -0.2) is 22.3 Å². The van der Waals surface area contributed by atoms with Crippen LogP contribution >= 0.6 is 0 Å². The molecule has 5 heteroatoms. The smallest absolute Gasteiger partial charge is 0.320 e. The zero-order valence-electron chi connectivity index (χ0n) is 8.77. The van der Waals surface area contributed by atoms with Gasteiger partial charge in [-0.05, 0) is 6.42 Å². The van der Waals surface area contributed by atoms with Gasteiger partial charge in [-0.3, -0.25) is 10.1 Å². The lowest BCUT2D eigenvalue weighted by molar-refractivity contribution is -0.139. The molecule has 15 heavy (non-hydrogen) atoms. The maximum atomic E-state index is 10.9. The molecule has 0 radical (unpaired) electrons. The SMILES string of the molecule is CCCCC(NCc1ccon1)C(=O)O. The van der Waals surface area contributed by atoms with Crippen molar-refractivity contribution in [3.8, 4) is 0 Å². The maximum absolute atomic E-state index is 10.9. The standard InChI is InChI=1S/C10H16N2O3/c1-2-3-4-9(10(13)14)11-7-8-5-6-15-12-8/h5-6,9,11H,2-4,7H2,1H3,(H,13,14). The predicted octanol–water partition coefficient (Wildman–Crippen LogP) is 1.41. The molecule has 0 aromatic carbocycles. The number of carbonyl (C=O) groups is 1. The highest BCUT2D eigenvalue weighted by atomic mass is 16.5. The summed E-state index contributed by atoms with van der Waals surface area (Å²) in [5.74, 6) is -0.813. The number of aromatic nitrogens is 1. The fourth-order valence-electron chi connectivity index (χ4n) is 1.28. The van der Waals surface area contributed by atoms with Crippen LogP contribution in [-0.2, 0) is 11.3 Å². The third-order valence-corrected chi connectivity index (χ3v) is 2.17. The molecule has 0 saturated heterocycles. The first-order valence-corrected chi connectivity index (χ1v) is 5.09. The fraction of sp³-hybridized carbons (Fsp3) is 0.600. The Morgan fingerprint density at radius 1 is 1.73 bits per heavy atom. The van der Waals surface area contributed by atoms with Crippen LogP contribution in [0.2, 0.25) is 0 Å². The molecule has 1 rings (SSSR count). The highest BCUT2D eigenvalue weighted by Gasteiger charge is 2.15. The van der Waals surface area contributed by atoms with Crippen LogP contribution in [0.5, 0.6) is 0 Å². The van der Waals surface area contributed by atoms with E-state index in [0.29, 0.717) is 13.0 Å². The topological polar surface area (TPSA) is 75.4 Å². The van der Waals surface area contributed by atoms with Crippen LogP contribution in [0.3, 0.4) is 0 Å². The van der Waals surface area contributed by atoms with Crippen molar-refractivity contribution in [2.75, 3.05) is 0 Å². The van der Waals surface area contributed by atoms with Crippen molar-refractivity contribution in [1.29, 1.82) is 0 Å². The Bertz CT molecular complexity index is 285. The molecule has 2 N–H and O–H groups in total. The average Bonchev–Trinajstić information content (AvgIpc) is 2.70. The molecule has 1 heterocycles. The van der Waals surface area contributed by atoms with E-state index in [2.05, 4.69) is 15.0 Å². The molecule has 5 nitrogen and oxygen atoms in total. The number of nitrogens with zero attached hydrogens (tertiary/aromatic N) is 1. The molecule has 0 fully saturated rings. The van der Waals surface area contributed by atoms with E-state index in [-0.39, 0.29) is 0 Å². The Morgan fingerprint density at radius 3 is 3.07 bits per heavy atom. The number of nitrogens with one attached hydrogen (secondary N) is 1. The molecule has 0 aliphatic rings. The number of hydrogen-bond acceptors (Lipinski definition) is 4. The molecule has 0 aliphatic carbocycles. The molecular weight excluding hydrogens is 196 g/mol. The van der Waals surface area contributed by atoms with Gasteiger partial charge in [0.2, 0.25) is 0 Å². The molecule has 1 unspecified atom stereocenters. The molecule has 1 atom stereocenters. The van der Waals surface area contributed by atoms with Crippen LogP contribution < -0.4 is 5.32 Å². The molecule has 0 aliphatic heterocycles. The second-order valence-electron chi connectivity index (χ2n) is 3.40. The molecule has 0 bridgehead atoms. The Hall–Kier alpha value is -1.36. The minimum Gasteiger partial charge on any atom is -0.480 e. The second kappa shape index (κ2) is 6.19. The van der Waals surface area contributed by atoms with E-state index in [1.54, 1.807) is 6.07 Å². The first-order valence-electron chi connectivity index (χ1n) is 5.09. The van der Waals surface area contributed by atoms with Gasteiger partial charge < -0.3 is 9.63 Å². The summed E-state index contributed by atoms with van der Waals surface area (Å²) in [6.07, 6.45) is 4.01. The molecule has 84 valence electrons. The summed E-state index contributed by atoms with van der Waals surface area (Å²) in [5, 5.41) is 15.6. The van der Waals surface area contributed by atoms with Crippen molar-refractivity contribution in [1.82, 2.24) is 10.5 Å². The Labute approximate surface area is 88.5 Å². The maximum Gasteiger partial charge on any atom is 0.320 e. The second-order valence-corrected chi connectivity index (χ2v) is 3.40. The predicted molar refractivity (Wildman–Crippen MR) is 54.3 cm³/mol. The monoisotopic (exact) mass is 212 g/mol. The van der Waals surface area contributed by atoms with Crippen LogP contribution in [0.4, 0.5) is 0 Å². The van der Waals surface area contributed by atoms with Gasteiger partial charge in [0.05, 0.1) is 5.69 Å². The van der Waals surface area contributed by atoms with Gasteiger partial charge in [0, 0.05) is 12.6 Å². The lowest BCUT2D eigenvalue weighted by atomic mass is 10.1. The molecule has 1 aromatic heterocycles. The third-order valence-electron chi connectivity index (χ3n) is 2.17. The first kappa shape index (κ1) is 11.7. The van der Waals surface area contributed by atoms with Gasteiger partial charge in [0.1, 0.15) is 12.3 Å². The van der Waals surface area contributed by atoms with Crippen molar-refractivity contribution in [3.05, 3.63) is 18.0 Å². The number of unbranched alkanes of at least 4 members (excludes halogenated alkanes) is 1. The van der Waals surface area contributed by atoms with Crippen LogP contribution in [0, 0.1) is 0 Å². The average molecular weight is 212 g/mol. The zero-order chi connectivity index (χ0) is 11.1. The minimum absolute atomic E-state index is 0.428. The quantitative estimate of drug-likeness (QED) is 0.714. The number of carboxylic acids is 1. The van der Waals surface area contributed by atoms with Crippen LogP contribution in [0.1, 0.15) is 31.9 Å². The van der Waals surface area contributed by atoms with E-state index < -0.39 is 12.0 Å². The lowest BCUT2D eigenvalue weighted by Gasteiger charge is -2.12. The van der Waals surface area contributed by atoms with E-state index in [1.165, 1.54) is 6.26 Å². The summed E-state index contributed by atoms with van der Waals surface area (Å²) < 4.78 is 4.65. The van der Waals surface area contributed by atoms with E-state index >= 15 is 0 Å².